The quantitative estimate of drug-likeness (QED) is 0.327. The smallest absolute Gasteiger partial charge is 0.270 e. The summed E-state index contributed by atoms with van der Waals surface area (Å²) in [4.78, 5) is 26.9. The molecular formula is C20H19N3O5S. The molecule has 1 amide bonds. The molecule has 3 aromatic rings. The molecule has 0 saturated heterocycles. The van der Waals surface area contributed by atoms with Crippen molar-refractivity contribution in [2.75, 3.05) is 19.0 Å². The largest absolute Gasteiger partial charge is 0.493 e. The SMILES string of the molecule is CCCOc1ccc(/C=C/C(=O)Nc2nc3ccc([N+](=O)[O-])cc3s2)cc1OC. The number of benzene rings is 2. The van der Waals surface area contributed by atoms with Gasteiger partial charge in [0.1, 0.15) is 0 Å². The monoisotopic (exact) mass is 413 g/mol. The van der Waals surface area contributed by atoms with Gasteiger partial charge in [0.15, 0.2) is 16.6 Å². The van der Waals surface area contributed by atoms with Gasteiger partial charge in [0, 0.05) is 18.2 Å². The van der Waals surface area contributed by atoms with Gasteiger partial charge >= 0.3 is 0 Å². The van der Waals surface area contributed by atoms with Gasteiger partial charge in [0.2, 0.25) is 5.91 Å². The van der Waals surface area contributed by atoms with Crippen LogP contribution in [0.5, 0.6) is 11.5 Å². The van der Waals surface area contributed by atoms with Crippen molar-refractivity contribution >= 4 is 44.4 Å². The molecule has 0 radical (unpaired) electrons. The number of nitrogens with zero attached hydrogens (tertiary/aromatic N) is 2. The van der Waals surface area contributed by atoms with Crippen molar-refractivity contribution in [2.24, 2.45) is 0 Å². The molecule has 1 aromatic heterocycles. The van der Waals surface area contributed by atoms with Gasteiger partial charge in [-0.3, -0.25) is 20.2 Å². The molecule has 0 atom stereocenters. The molecular weight excluding hydrogens is 394 g/mol. The Balaban J connectivity index is 1.69. The van der Waals surface area contributed by atoms with Crippen LogP contribution in [0.4, 0.5) is 10.8 Å². The molecule has 9 heteroatoms. The lowest BCUT2D eigenvalue weighted by atomic mass is 10.2. The molecule has 1 heterocycles. The Morgan fingerprint density at radius 2 is 2.10 bits per heavy atom. The summed E-state index contributed by atoms with van der Waals surface area (Å²) in [5.41, 5.74) is 1.35. The summed E-state index contributed by atoms with van der Waals surface area (Å²) >= 11 is 1.18. The molecule has 0 saturated carbocycles. The summed E-state index contributed by atoms with van der Waals surface area (Å²) in [5, 5.41) is 13.9. The van der Waals surface area contributed by atoms with Gasteiger partial charge in [0.25, 0.3) is 5.69 Å². The summed E-state index contributed by atoms with van der Waals surface area (Å²) in [5.74, 6) is 0.886. The number of nitrogens with one attached hydrogen (secondary N) is 1. The minimum atomic E-state index is -0.465. The molecule has 0 aliphatic carbocycles. The van der Waals surface area contributed by atoms with Crippen LogP contribution in [0, 0.1) is 10.1 Å². The van der Waals surface area contributed by atoms with Crippen molar-refractivity contribution in [1.29, 1.82) is 0 Å². The number of hydrogen-bond donors (Lipinski definition) is 1. The zero-order valence-corrected chi connectivity index (χ0v) is 16.7. The molecule has 0 spiro atoms. The molecule has 0 aliphatic rings. The number of carbonyl (C=O) groups excluding carboxylic acids is 1. The van der Waals surface area contributed by atoms with E-state index in [2.05, 4.69) is 10.3 Å². The maximum absolute atomic E-state index is 12.2. The van der Waals surface area contributed by atoms with Crippen LogP contribution in [0.2, 0.25) is 0 Å². The number of nitro benzene ring substituents is 1. The first-order valence-corrected chi connectivity index (χ1v) is 9.66. The van der Waals surface area contributed by atoms with E-state index in [0.29, 0.717) is 33.5 Å². The van der Waals surface area contributed by atoms with Gasteiger partial charge in [-0.25, -0.2) is 4.98 Å². The zero-order chi connectivity index (χ0) is 20.8. The summed E-state index contributed by atoms with van der Waals surface area (Å²) in [7, 11) is 1.56. The van der Waals surface area contributed by atoms with Crippen LogP contribution < -0.4 is 14.8 Å². The third-order valence-corrected chi connectivity index (χ3v) is 4.82. The number of carbonyl (C=O) groups is 1. The highest BCUT2D eigenvalue weighted by Gasteiger charge is 2.11. The predicted octanol–water partition coefficient (Wildman–Crippen LogP) is 4.65. The van der Waals surface area contributed by atoms with Crippen LogP contribution in [0.1, 0.15) is 18.9 Å². The maximum atomic E-state index is 12.2. The van der Waals surface area contributed by atoms with Gasteiger partial charge in [-0.05, 0) is 36.3 Å². The molecule has 0 aliphatic heterocycles. The summed E-state index contributed by atoms with van der Waals surface area (Å²) in [6.45, 7) is 2.62. The van der Waals surface area contributed by atoms with Crippen molar-refractivity contribution in [3.8, 4) is 11.5 Å². The minimum absolute atomic E-state index is 0.0146. The van der Waals surface area contributed by atoms with E-state index in [1.165, 1.54) is 29.5 Å². The second kappa shape index (κ2) is 9.16. The van der Waals surface area contributed by atoms with Crippen LogP contribution >= 0.6 is 11.3 Å². The number of amides is 1. The molecule has 3 rings (SSSR count). The molecule has 2 aromatic carbocycles. The Kier molecular flexibility index (Phi) is 6.40. The van der Waals surface area contributed by atoms with Gasteiger partial charge in [0.05, 0.1) is 28.9 Å². The Morgan fingerprint density at radius 3 is 2.83 bits per heavy atom. The molecule has 1 N–H and O–H groups in total. The molecule has 0 bridgehead atoms. The number of non-ortho nitro benzene ring substituents is 1. The molecule has 150 valence electrons. The highest BCUT2D eigenvalue weighted by atomic mass is 32.1. The standard InChI is InChI=1S/C20H19N3O5S/c1-3-10-28-16-8-4-13(11-17(16)27-2)5-9-19(24)22-20-21-15-7-6-14(23(25)26)12-18(15)29-20/h4-9,11-12H,3,10H2,1-2H3,(H,21,22,24)/b9-5+. The number of ether oxygens (including phenoxy) is 2. The lowest BCUT2D eigenvalue weighted by molar-refractivity contribution is -0.384. The van der Waals surface area contributed by atoms with Crippen LogP contribution in [0.3, 0.4) is 0 Å². The van der Waals surface area contributed by atoms with E-state index in [0.717, 1.165) is 12.0 Å². The average molecular weight is 413 g/mol. The number of nitro groups is 1. The van der Waals surface area contributed by atoms with E-state index in [-0.39, 0.29) is 11.6 Å². The third kappa shape index (κ3) is 5.08. The van der Waals surface area contributed by atoms with Crippen LogP contribution in [-0.4, -0.2) is 29.5 Å². The average Bonchev–Trinajstić information content (AvgIpc) is 3.12. The first-order valence-electron chi connectivity index (χ1n) is 8.85. The van der Waals surface area contributed by atoms with Crippen molar-refractivity contribution < 1.29 is 19.2 Å². The van der Waals surface area contributed by atoms with Crippen molar-refractivity contribution in [3.63, 3.8) is 0 Å². The topological polar surface area (TPSA) is 104 Å². The fraction of sp³-hybridized carbons (Fsp3) is 0.200. The number of methoxy groups -OCH3 is 1. The van der Waals surface area contributed by atoms with Gasteiger partial charge in [-0.1, -0.05) is 24.3 Å². The third-order valence-electron chi connectivity index (χ3n) is 3.89. The summed E-state index contributed by atoms with van der Waals surface area (Å²) < 4.78 is 11.6. The number of hydrogen-bond acceptors (Lipinski definition) is 7. The van der Waals surface area contributed by atoms with Crippen molar-refractivity contribution in [3.05, 3.63) is 58.2 Å². The van der Waals surface area contributed by atoms with E-state index < -0.39 is 4.92 Å². The number of thiazole rings is 1. The second-order valence-corrected chi connectivity index (χ2v) is 7.04. The predicted molar refractivity (Wildman–Crippen MR) is 113 cm³/mol. The van der Waals surface area contributed by atoms with Crippen molar-refractivity contribution in [1.82, 2.24) is 4.98 Å². The Bertz CT molecular complexity index is 1080. The zero-order valence-electron chi connectivity index (χ0n) is 15.9. The molecule has 8 nitrogen and oxygen atoms in total. The van der Waals surface area contributed by atoms with E-state index >= 15 is 0 Å². The normalized spacial score (nSPS) is 11.0. The lowest BCUT2D eigenvalue weighted by Crippen LogP contribution is -2.07. The Morgan fingerprint density at radius 1 is 1.28 bits per heavy atom. The van der Waals surface area contributed by atoms with E-state index in [4.69, 9.17) is 9.47 Å². The lowest BCUT2D eigenvalue weighted by Gasteiger charge is -2.10. The minimum Gasteiger partial charge on any atom is -0.493 e. The highest BCUT2D eigenvalue weighted by Crippen LogP contribution is 2.30. The van der Waals surface area contributed by atoms with Gasteiger partial charge in [-0.2, -0.15) is 0 Å². The van der Waals surface area contributed by atoms with E-state index in [9.17, 15) is 14.9 Å². The highest BCUT2D eigenvalue weighted by molar-refractivity contribution is 7.22. The summed E-state index contributed by atoms with van der Waals surface area (Å²) in [6.07, 6.45) is 3.93. The number of fused-ring (bicyclic) bond motifs is 1. The summed E-state index contributed by atoms with van der Waals surface area (Å²) in [6, 6.07) is 9.79. The number of anilines is 1. The second-order valence-electron chi connectivity index (χ2n) is 6.01. The number of rotatable bonds is 8. The van der Waals surface area contributed by atoms with E-state index in [1.807, 2.05) is 13.0 Å². The van der Waals surface area contributed by atoms with Crippen molar-refractivity contribution in [2.45, 2.75) is 13.3 Å². The van der Waals surface area contributed by atoms with Crippen LogP contribution in [-0.2, 0) is 4.79 Å². The van der Waals surface area contributed by atoms with Gasteiger partial charge < -0.3 is 9.47 Å². The first-order chi connectivity index (χ1) is 14.0. The fourth-order valence-corrected chi connectivity index (χ4v) is 3.42. The number of aromatic nitrogens is 1. The Hall–Kier alpha value is -3.46. The fourth-order valence-electron chi connectivity index (χ4n) is 2.52. The van der Waals surface area contributed by atoms with Crippen LogP contribution in [0.15, 0.2) is 42.5 Å². The first kappa shape index (κ1) is 20.3. The Labute approximate surface area is 170 Å². The van der Waals surface area contributed by atoms with Crippen LogP contribution in [0.25, 0.3) is 16.3 Å². The molecule has 0 fully saturated rings. The van der Waals surface area contributed by atoms with Gasteiger partial charge in [-0.15, -0.1) is 0 Å². The van der Waals surface area contributed by atoms with E-state index in [1.54, 1.807) is 31.4 Å². The molecule has 0 unspecified atom stereocenters. The molecule has 29 heavy (non-hydrogen) atoms. The maximum Gasteiger partial charge on any atom is 0.270 e.